The van der Waals surface area contributed by atoms with E-state index in [0.29, 0.717) is 10.6 Å². The maximum absolute atomic E-state index is 12.3. The third kappa shape index (κ3) is 2.49. The van der Waals surface area contributed by atoms with Gasteiger partial charge in [0, 0.05) is 16.0 Å². The van der Waals surface area contributed by atoms with Crippen molar-refractivity contribution >= 4 is 33.3 Å². The summed E-state index contributed by atoms with van der Waals surface area (Å²) in [5.74, 6) is 0.395. The van der Waals surface area contributed by atoms with Gasteiger partial charge in [0.05, 0.1) is 5.02 Å². The molecule has 0 atom stereocenters. The Kier molecular flexibility index (Phi) is 4.04. The second kappa shape index (κ2) is 5.33. The molecule has 3 heteroatoms. The number of Topliss-reactive ketones (excluding diaryl/α,β-unsaturated/α-hetero) is 1. The first-order chi connectivity index (χ1) is 7.70. The molecule has 0 aromatic heterocycles. The largest absolute Gasteiger partial charge is 0.294 e. The fraction of sp³-hybridized carbons (Fsp3) is 0.462. The van der Waals surface area contributed by atoms with Crippen LogP contribution in [0.5, 0.6) is 0 Å². The molecular formula is C13H14BrClO. The molecule has 0 N–H and O–H groups in total. The van der Waals surface area contributed by atoms with Gasteiger partial charge in [-0.05, 0) is 40.9 Å². The number of hydrogen-bond acceptors (Lipinski definition) is 1. The van der Waals surface area contributed by atoms with Gasteiger partial charge in [-0.1, -0.05) is 36.9 Å². The highest BCUT2D eigenvalue weighted by molar-refractivity contribution is 9.10. The lowest BCUT2D eigenvalue weighted by Crippen LogP contribution is -2.18. The van der Waals surface area contributed by atoms with Gasteiger partial charge in [-0.25, -0.2) is 0 Å². The molecule has 1 aromatic carbocycles. The summed E-state index contributed by atoms with van der Waals surface area (Å²) in [5.41, 5.74) is 0.669. The molecule has 0 saturated heterocycles. The quantitative estimate of drug-likeness (QED) is 0.713. The van der Waals surface area contributed by atoms with E-state index in [9.17, 15) is 4.79 Å². The third-order valence-electron chi connectivity index (χ3n) is 3.19. The normalized spacial score (nSPS) is 17.4. The van der Waals surface area contributed by atoms with Crippen LogP contribution in [0.25, 0.3) is 0 Å². The van der Waals surface area contributed by atoms with Gasteiger partial charge >= 0.3 is 0 Å². The van der Waals surface area contributed by atoms with Gasteiger partial charge in [0.2, 0.25) is 0 Å². The lowest BCUT2D eigenvalue weighted by molar-refractivity contribution is 0.0889. The van der Waals surface area contributed by atoms with Gasteiger partial charge in [0.25, 0.3) is 0 Å². The Morgan fingerprint density at radius 3 is 2.62 bits per heavy atom. The molecule has 0 heterocycles. The van der Waals surface area contributed by atoms with Gasteiger partial charge in [0.15, 0.2) is 5.78 Å². The smallest absolute Gasteiger partial charge is 0.167 e. The van der Waals surface area contributed by atoms with Crippen molar-refractivity contribution in [3.05, 3.63) is 33.3 Å². The van der Waals surface area contributed by atoms with Crippen LogP contribution >= 0.6 is 27.5 Å². The number of benzene rings is 1. The Morgan fingerprint density at radius 2 is 1.94 bits per heavy atom. The van der Waals surface area contributed by atoms with Crippen LogP contribution in [-0.4, -0.2) is 5.78 Å². The van der Waals surface area contributed by atoms with Crippen LogP contribution in [0, 0.1) is 5.92 Å². The van der Waals surface area contributed by atoms with E-state index in [4.69, 9.17) is 11.6 Å². The Morgan fingerprint density at radius 1 is 1.25 bits per heavy atom. The number of carbonyl (C=O) groups is 1. The number of hydrogen-bond donors (Lipinski definition) is 0. The van der Waals surface area contributed by atoms with Crippen LogP contribution in [0.2, 0.25) is 5.02 Å². The number of carbonyl (C=O) groups excluding carboxylic acids is 1. The molecule has 0 unspecified atom stereocenters. The minimum atomic E-state index is 0.181. The van der Waals surface area contributed by atoms with Crippen molar-refractivity contribution in [2.45, 2.75) is 32.1 Å². The van der Waals surface area contributed by atoms with Crippen LogP contribution < -0.4 is 0 Å². The average molecular weight is 302 g/mol. The molecule has 1 aliphatic rings. The van der Waals surface area contributed by atoms with Crippen LogP contribution in [0.1, 0.15) is 42.5 Å². The van der Waals surface area contributed by atoms with Crippen molar-refractivity contribution in [1.82, 2.24) is 0 Å². The molecule has 0 spiro atoms. The highest BCUT2D eigenvalue weighted by Crippen LogP contribution is 2.32. The summed E-state index contributed by atoms with van der Waals surface area (Å²) in [7, 11) is 0. The van der Waals surface area contributed by atoms with Crippen molar-refractivity contribution in [3.63, 3.8) is 0 Å². The van der Waals surface area contributed by atoms with Crippen LogP contribution in [-0.2, 0) is 0 Å². The van der Waals surface area contributed by atoms with Crippen molar-refractivity contribution < 1.29 is 4.79 Å². The minimum Gasteiger partial charge on any atom is -0.294 e. The Hall–Kier alpha value is -0.340. The molecular weight excluding hydrogens is 287 g/mol. The lowest BCUT2D eigenvalue weighted by Gasteiger charge is -2.20. The molecule has 1 saturated carbocycles. The maximum atomic E-state index is 12.3. The predicted octanol–water partition coefficient (Wildman–Crippen LogP) is 4.87. The van der Waals surface area contributed by atoms with Gasteiger partial charge in [-0.15, -0.1) is 0 Å². The zero-order valence-electron chi connectivity index (χ0n) is 9.01. The summed E-state index contributed by atoms with van der Waals surface area (Å²) in [4.78, 5) is 12.3. The molecule has 1 aliphatic carbocycles. The van der Waals surface area contributed by atoms with Crippen LogP contribution in [0.4, 0.5) is 0 Å². The number of rotatable bonds is 2. The van der Waals surface area contributed by atoms with Crippen molar-refractivity contribution in [1.29, 1.82) is 0 Å². The molecule has 86 valence electrons. The molecule has 1 nitrogen and oxygen atoms in total. The highest BCUT2D eigenvalue weighted by Gasteiger charge is 2.24. The first kappa shape index (κ1) is 12.1. The second-order valence-electron chi connectivity index (χ2n) is 4.30. The lowest BCUT2D eigenvalue weighted by atomic mass is 9.84. The van der Waals surface area contributed by atoms with Crippen LogP contribution in [0.3, 0.4) is 0 Å². The Balaban J connectivity index is 2.22. The molecule has 0 bridgehead atoms. The van der Waals surface area contributed by atoms with E-state index in [1.807, 2.05) is 18.2 Å². The fourth-order valence-electron chi connectivity index (χ4n) is 2.28. The Bertz CT molecular complexity index is 397. The van der Waals surface area contributed by atoms with Gasteiger partial charge in [-0.3, -0.25) is 4.79 Å². The van der Waals surface area contributed by atoms with E-state index < -0.39 is 0 Å². The predicted molar refractivity (Wildman–Crippen MR) is 70.1 cm³/mol. The average Bonchev–Trinajstić information content (AvgIpc) is 2.33. The van der Waals surface area contributed by atoms with E-state index in [1.165, 1.54) is 19.3 Å². The summed E-state index contributed by atoms with van der Waals surface area (Å²) in [6, 6.07) is 5.55. The van der Waals surface area contributed by atoms with E-state index >= 15 is 0 Å². The molecule has 1 aromatic rings. The molecule has 16 heavy (non-hydrogen) atoms. The van der Waals surface area contributed by atoms with E-state index in [1.54, 1.807) is 0 Å². The topological polar surface area (TPSA) is 17.1 Å². The maximum Gasteiger partial charge on any atom is 0.167 e. The monoisotopic (exact) mass is 300 g/mol. The Labute approximate surface area is 109 Å². The summed E-state index contributed by atoms with van der Waals surface area (Å²) >= 11 is 9.49. The van der Waals surface area contributed by atoms with Crippen LogP contribution in [0.15, 0.2) is 22.7 Å². The van der Waals surface area contributed by atoms with E-state index in [-0.39, 0.29) is 11.7 Å². The third-order valence-corrected chi connectivity index (χ3v) is 4.49. The van der Waals surface area contributed by atoms with Crippen molar-refractivity contribution in [2.24, 2.45) is 5.92 Å². The van der Waals surface area contributed by atoms with Crippen molar-refractivity contribution in [3.8, 4) is 0 Å². The zero-order valence-corrected chi connectivity index (χ0v) is 11.4. The summed E-state index contributed by atoms with van der Waals surface area (Å²) in [6.45, 7) is 0. The summed E-state index contributed by atoms with van der Waals surface area (Å²) in [5, 5.41) is 0.554. The van der Waals surface area contributed by atoms with Gasteiger partial charge in [0.1, 0.15) is 0 Å². The van der Waals surface area contributed by atoms with E-state index in [2.05, 4.69) is 15.9 Å². The second-order valence-corrected chi connectivity index (χ2v) is 5.53. The fourth-order valence-corrected chi connectivity index (χ4v) is 2.86. The highest BCUT2D eigenvalue weighted by atomic mass is 79.9. The summed E-state index contributed by atoms with van der Waals surface area (Å²) in [6.07, 6.45) is 5.63. The number of ketones is 1. The zero-order chi connectivity index (χ0) is 11.5. The molecule has 1 fully saturated rings. The first-order valence-corrected chi connectivity index (χ1v) is 6.85. The molecule has 0 radical (unpaired) electrons. The van der Waals surface area contributed by atoms with Gasteiger partial charge < -0.3 is 0 Å². The molecule has 2 rings (SSSR count). The standard InChI is InChI=1S/C13H14BrClO/c14-11-8-4-7-10(12(11)15)13(16)9-5-2-1-3-6-9/h4,7-9H,1-3,5-6H2. The number of halogens is 2. The SMILES string of the molecule is O=C(c1cccc(Br)c1Cl)C1CCCCC1. The molecule has 0 amide bonds. The summed E-state index contributed by atoms with van der Waals surface area (Å²) < 4.78 is 0.802. The first-order valence-electron chi connectivity index (χ1n) is 5.68. The van der Waals surface area contributed by atoms with E-state index in [0.717, 1.165) is 17.3 Å². The minimum absolute atomic E-state index is 0.181. The van der Waals surface area contributed by atoms with Gasteiger partial charge in [-0.2, -0.15) is 0 Å². The molecule has 0 aliphatic heterocycles. The van der Waals surface area contributed by atoms with Crippen molar-refractivity contribution in [2.75, 3.05) is 0 Å².